The first-order valence-corrected chi connectivity index (χ1v) is 6.83. The van der Waals surface area contributed by atoms with Crippen molar-refractivity contribution in [1.29, 1.82) is 0 Å². The highest BCUT2D eigenvalue weighted by Crippen LogP contribution is 2.27. The van der Waals surface area contributed by atoms with Crippen LogP contribution in [0.3, 0.4) is 0 Å². The first-order chi connectivity index (χ1) is 9.51. The van der Waals surface area contributed by atoms with Gasteiger partial charge >= 0.3 is 0 Å². The van der Waals surface area contributed by atoms with Gasteiger partial charge in [-0.2, -0.15) is 0 Å². The fourth-order valence-corrected chi connectivity index (χ4v) is 2.59. The van der Waals surface area contributed by atoms with Crippen LogP contribution in [0.25, 0.3) is 0 Å². The van der Waals surface area contributed by atoms with E-state index >= 15 is 0 Å². The molecule has 0 heterocycles. The van der Waals surface area contributed by atoms with E-state index in [1.54, 1.807) is 7.11 Å². The maximum Gasteiger partial charge on any atom is 0.133 e. The molecule has 2 N–H and O–H groups in total. The molecule has 20 heavy (non-hydrogen) atoms. The largest absolute Gasteiger partial charge is 0.496 e. The van der Waals surface area contributed by atoms with E-state index in [4.69, 9.17) is 10.5 Å². The van der Waals surface area contributed by atoms with Gasteiger partial charge in [0.05, 0.1) is 11.6 Å². The van der Waals surface area contributed by atoms with Crippen LogP contribution in [0.5, 0.6) is 5.75 Å². The minimum Gasteiger partial charge on any atom is -0.496 e. The van der Waals surface area contributed by atoms with Gasteiger partial charge < -0.3 is 10.5 Å². The lowest BCUT2D eigenvalue weighted by Crippen LogP contribution is -2.15. The molecule has 0 radical (unpaired) electrons. The summed E-state index contributed by atoms with van der Waals surface area (Å²) in [7, 11) is 1.58. The molecule has 1 unspecified atom stereocenters. The van der Waals surface area contributed by atoms with Crippen LogP contribution in [-0.4, -0.2) is 7.11 Å². The van der Waals surface area contributed by atoms with Crippen LogP contribution < -0.4 is 10.5 Å². The first-order valence-electron chi connectivity index (χ1n) is 6.04. The summed E-state index contributed by atoms with van der Waals surface area (Å²) in [6, 6.07) is 8.46. The number of ether oxygens (including phenoxy) is 1. The second-order valence-corrected chi connectivity index (χ2v) is 5.30. The van der Waals surface area contributed by atoms with Crippen molar-refractivity contribution < 1.29 is 13.5 Å². The molecule has 0 aromatic heterocycles. The summed E-state index contributed by atoms with van der Waals surface area (Å²) >= 11 is 3.39. The van der Waals surface area contributed by atoms with Crippen molar-refractivity contribution in [3.05, 3.63) is 63.6 Å². The lowest BCUT2D eigenvalue weighted by atomic mass is 9.99. The minimum atomic E-state index is -0.620. The predicted molar refractivity (Wildman–Crippen MR) is 77.7 cm³/mol. The van der Waals surface area contributed by atoms with E-state index < -0.39 is 17.7 Å². The second-order valence-electron chi connectivity index (χ2n) is 4.45. The van der Waals surface area contributed by atoms with Crippen molar-refractivity contribution >= 4 is 15.9 Å². The molecule has 2 aromatic carbocycles. The van der Waals surface area contributed by atoms with Crippen LogP contribution in [-0.2, 0) is 6.42 Å². The Kier molecular flexibility index (Phi) is 4.73. The van der Waals surface area contributed by atoms with Gasteiger partial charge in [-0.3, -0.25) is 0 Å². The standard InChI is InChI=1S/C15H14BrF2NO/c1-20-15-5-2-9(6-12(15)16)7-14(19)11-4-3-10(17)8-13(11)18/h2-6,8,14H,7,19H2,1H3. The second kappa shape index (κ2) is 6.33. The van der Waals surface area contributed by atoms with E-state index in [2.05, 4.69) is 15.9 Å². The van der Waals surface area contributed by atoms with Crippen molar-refractivity contribution in [2.24, 2.45) is 5.73 Å². The molecule has 0 spiro atoms. The molecular formula is C15H14BrF2NO. The van der Waals surface area contributed by atoms with Crippen LogP contribution in [0.2, 0.25) is 0 Å². The zero-order valence-electron chi connectivity index (χ0n) is 10.9. The molecule has 0 saturated carbocycles. The Morgan fingerprint density at radius 1 is 1.20 bits per heavy atom. The van der Waals surface area contributed by atoms with E-state index in [1.165, 1.54) is 12.1 Å². The molecule has 5 heteroatoms. The Labute approximate surface area is 124 Å². The molecule has 0 aliphatic heterocycles. The first kappa shape index (κ1) is 14.9. The van der Waals surface area contributed by atoms with Gasteiger partial charge in [-0.15, -0.1) is 0 Å². The quantitative estimate of drug-likeness (QED) is 0.912. The topological polar surface area (TPSA) is 35.2 Å². The van der Waals surface area contributed by atoms with Crippen molar-refractivity contribution in [2.45, 2.75) is 12.5 Å². The zero-order valence-corrected chi connectivity index (χ0v) is 12.5. The van der Waals surface area contributed by atoms with E-state index in [0.717, 1.165) is 21.9 Å². The molecule has 0 amide bonds. The number of benzene rings is 2. The third-order valence-electron chi connectivity index (χ3n) is 3.03. The van der Waals surface area contributed by atoms with Crippen LogP contribution in [0.4, 0.5) is 8.78 Å². The molecule has 0 aliphatic carbocycles. The molecule has 1 atom stereocenters. The smallest absolute Gasteiger partial charge is 0.133 e. The number of hydrogen-bond donors (Lipinski definition) is 1. The predicted octanol–water partition coefficient (Wildman–Crippen LogP) is 3.98. The maximum atomic E-state index is 13.7. The molecule has 0 aliphatic rings. The van der Waals surface area contributed by atoms with Crippen molar-refractivity contribution in [3.63, 3.8) is 0 Å². The zero-order chi connectivity index (χ0) is 14.7. The van der Waals surface area contributed by atoms with Crippen LogP contribution in [0.1, 0.15) is 17.2 Å². The SMILES string of the molecule is COc1ccc(CC(N)c2ccc(F)cc2F)cc1Br. The lowest BCUT2D eigenvalue weighted by Gasteiger charge is -2.14. The van der Waals surface area contributed by atoms with Crippen molar-refractivity contribution in [2.75, 3.05) is 7.11 Å². The Balaban J connectivity index is 2.18. The summed E-state index contributed by atoms with van der Waals surface area (Å²) in [4.78, 5) is 0. The van der Waals surface area contributed by atoms with E-state index in [0.29, 0.717) is 12.0 Å². The third kappa shape index (κ3) is 3.35. The normalized spacial score (nSPS) is 12.2. The third-order valence-corrected chi connectivity index (χ3v) is 3.65. The number of nitrogens with two attached hydrogens (primary N) is 1. The Morgan fingerprint density at radius 2 is 1.95 bits per heavy atom. The highest BCUT2D eigenvalue weighted by atomic mass is 79.9. The molecule has 2 rings (SSSR count). The van der Waals surface area contributed by atoms with E-state index in [1.807, 2.05) is 18.2 Å². The van der Waals surface area contributed by atoms with E-state index in [-0.39, 0.29) is 0 Å². The van der Waals surface area contributed by atoms with Gasteiger partial charge in [-0.25, -0.2) is 8.78 Å². The lowest BCUT2D eigenvalue weighted by molar-refractivity contribution is 0.412. The monoisotopic (exact) mass is 341 g/mol. The highest BCUT2D eigenvalue weighted by molar-refractivity contribution is 9.10. The molecule has 0 saturated heterocycles. The minimum absolute atomic E-state index is 0.304. The fraction of sp³-hybridized carbons (Fsp3) is 0.200. The molecule has 0 fully saturated rings. The summed E-state index contributed by atoms with van der Waals surface area (Å²) in [5.41, 5.74) is 7.23. The Morgan fingerprint density at radius 3 is 2.55 bits per heavy atom. The van der Waals surface area contributed by atoms with E-state index in [9.17, 15) is 8.78 Å². The van der Waals surface area contributed by atoms with Gasteiger partial charge in [0, 0.05) is 17.7 Å². The maximum absolute atomic E-state index is 13.7. The Hall–Kier alpha value is -1.46. The van der Waals surface area contributed by atoms with Crippen LogP contribution in [0, 0.1) is 11.6 Å². The number of rotatable bonds is 4. The summed E-state index contributed by atoms with van der Waals surface area (Å²) in [6.07, 6.45) is 0.450. The number of methoxy groups -OCH3 is 1. The number of hydrogen-bond acceptors (Lipinski definition) is 2. The van der Waals surface area contributed by atoms with Crippen molar-refractivity contribution in [1.82, 2.24) is 0 Å². The average Bonchev–Trinajstić information content (AvgIpc) is 2.38. The molecular weight excluding hydrogens is 328 g/mol. The van der Waals surface area contributed by atoms with Gasteiger partial charge in [-0.1, -0.05) is 12.1 Å². The molecule has 2 aromatic rings. The van der Waals surface area contributed by atoms with Crippen LogP contribution in [0.15, 0.2) is 40.9 Å². The highest BCUT2D eigenvalue weighted by Gasteiger charge is 2.13. The van der Waals surface area contributed by atoms with Crippen molar-refractivity contribution in [3.8, 4) is 5.75 Å². The average molecular weight is 342 g/mol. The molecule has 0 bridgehead atoms. The molecule has 2 nitrogen and oxygen atoms in total. The summed E-state index contributed by atoms with van der Waals surface area (Å²) < 4.78 is 32.5. The van der Waals surface area contributed by atoms with Gasteiger partial charge in [-0.05, 0) is 46.1 Å². The van der Waals surface area contributed by atoms with Crippen LogP contribution >= 0.6 is 15.9 Å². The van der Waals surface area contributed by atoms with Gasteiger partial charge in [0.25, 0.3) is 0 Å². The molecule has 106 valence electrons. The summed E-state index contributed by atoms with van der Waals surface area (Å²) in [5, 5.41) is 0. The van der Waals surface area contributed by atoms with Gasteiger partial charge in [0.2, 0.25) is 0 Å². The van der Waals surface area contributed by atoms with Gasteiger partial charge in [0.15, 0.2) is 0 Å². The summed E-state index contributed by atoms with van der Waals surface area (Å²) in [6.45, 7) is 0. The van der Waals surface area contributed by atoms with Gasteiger partial charge in [0.1, 0.15) is 17.4 Å². The number of halogens is 3. The Bertz CT molecular complexity index is 619. The summed E-state index contributed by atoms with van der Waals surface area (Å²) in [5.74, 6) is -0.508. The fourth-order valence-electron chi connectivity index (χ4n) is 2.00.